The van der Waals surface area contributed by atoms with Gasteiger partial charge in [-0.2, -0.15) is 0 Å². The lowest BCUT2D eigenvalue weighted by atomic mass is 10.3. The second-order valence-electron chi connectivity index (χ2n) is 5.58. The largest absolute Gasteiger partial charge is 0.458 e. The van der Waals surface area contributed by atoms with Gasteiger partial charge in [0, 0.05) is 51.5 Å². The third-order valence-electron chi connectivity index (χ3n) is 4.00. The number of amides is 2. The highest BCUT2D eigenvalue weighted by atomic mass is 16.5. The molecule has 7 nitrogen and oxygen atoms in total. The minimum Gasteiger partial charge on any atom is -0.458 e. The third-order valence-corrected chi connectivity index (χ3v) is 4.00. The van der Waals surface area contributed by atoms with E-state index in [1.165, 1.54) is 0 Å². The van der Waals surface area contributed by atoms with E-state index >= 15 is 0 Å². The normalized spacial score (nSPS) is 23.4. The lowest BCUT2D eigenvalue weighted by Crippen LogP contribution is -2.51. The van der Waals surface area contributed by atoms with Crippen molar-refractivity contribution in [3.63, 3.8) is 0 Å². The van der Waals surface area contributed by atoms with Crippen LogP contribution in [-0.4, -0.2) is 83.1 Å². The molecule has 1 aromatic heterocycles. The molecule has 2 fully saturated rings. The Kier molecular flexibility index (Phi) is 4.19. The summed E-state index contributed by atoms with van der Waals surface area (Å²) in [5.41, 5.74) is 0. The number of hydrogen-bond acceptors (Lipinski definition) is 5. The van der Waals surface area contributed by atoms with E-state index in [0.29, 0.717) is 12.6 Å². The van der Waals surface area contributed by atoms with E-state index in [2.05, 4.69) is 21.9 Å². The molecular weight excluding hydrogens is 270 g/mol. The fourth-order valence-corrected chi connectivity index (χ4v) is 2.69. The van der Waals surface area contributed by atoms with Crippen molar-refractivity contribution < 1.29 is 9.53 Å². The van der Waals surface area contributed by atoms with Gasteiger partial charge in [-0.3, -0.25) is 0 Å². The van der Waals surface area contributed by atoms with Crippen LogP contribution >= 0.6 is 0 Å². The first-order valence-electron chi connectivity index (χ1n) is 7.38. The third kappa shape index (κ3) is 3.41. The van der Waals surface area contributed by atoms with Crippen LogP contribution in [0.2, 0.25) is 0 Å². The zero-order chi connectivity index (χ0) is 14.7. The smallest absolute Gasteiger partial charge is 0.320 e. The van der Waals surface area contributed by atoms with Crippen LogP contribution in [0.3, 0.4) is 0 Å². The van der Waals surface area contributed by atoms with Crippen molar-refractivity contribution in [3.05, 3.63) is 18.5 Å². The molecule has 21 heavy (non-hydrogen) atoms. The summed E-state index contributed by atoms with van der Waals surface area (Å²) >= 11 is 0. The van der Waals surface area contributed by atoms with Crippen molar-refractivity contribution in [3.8, 4) is 6.01 Å². The standard InChI is InChI=1S/C14H21N5O2/c1-17-7-9-18(10-8-17)14(20)19-6-3-12(11-19)21-13-15-4-2-5-16-13/h2,4-5,12H,3,6-11H2,1H3/t12-/m1/s1. The second kappa shape index (κ2) is 6.26. The Labute approximate surface area is 124 Å². The van der Waals surface area contributed by atoms with Crippen LogP contribution in [0.25, 0.3) is 0 Å². The Morgan fingerprint density at radius 1 is 1.14 bits per heavy atom. The van der Waals surface area contributed by atoms with Crippen molar-refractivity contribution in [1.29, 1.82) is 0 Å². The Bertz CT molecular complexity index is 476. The molecule has 0 aromatic carbocycles. The highest BCUT2D eigenvalue weighted by Gasteiger charge is 2.31. The molecule has 2 amide bonds. The molecule has 7 heteroatoms. The second-order valence-corrected chi connectivity index (χ2v) is 5.58. The van der Waals surface area contributed by atoms with E-state index in [0.717, 1.165) is 39.1 Å². The first kappa shape index (κ1) is 14.1. The number of aromatic nitrogens is 2. The Hall–Kier alpha value is -1.89. The van der Waals surface area contributed by atoms with Gasteiger partial charge in [-0.25, -0.2) is 14.8 Å². The van der Waals surface area contributed by atoms with Crippen molar-refractivity contribution in [2.24, 2.45) is 0 Å². The highest BCUT2D eigenvalue weighted by Crippen LogP contribution is 2.16. The molecule has 1 atom stereocenters. The summed E-state index contributed by atoms with van der Waals surface area (Å²) in [5.74, 6) is 0. The van der Waals surface area contributed by atoms with Gasteiger partial charge in [0.2, 0.25) is 0 Å². The molecule has 3 rings (SSSR count). The molecule has 0 unspecified atom stereocenters. The highest BCUT2D eigenvalue weighted by molar-refractivity contribution is 5.75. The number of likely N-dealkylation sites (tertiary alicyclic amines) is 1. The van der Waals surface area contributed by atoms with Crippen LogP contribution in [0.5, 0.6) is 6.01 Å². The number of hydrogen-bond donors (Lipinski definition) is 0. The van der Waals surface area contributed by atoms with Gasteiger partial charge >= 0.3 is 12.0 Å². The average Bonchev–Trinajstić information content (AvgIpc) is 2.97. The van der Waals surface area contributed by atoms with Crippen LogP contribution in [0.4, 0.5) is 4.79 Å². The van der Waals surface area contributed by atoms with Gasteiger partial charge in [-0.1, -0.05) is 0 Å². The number of carbonyl (C=O) groups is 1. The van der Waals surface area contributed by atoms with Crippen LogP contribution in [0.15, 0.2) is 18.5 Å². The van der Waals surface area contributed by atoms with Crippen molar-refractivity contribution in [1.82, 2.24) is 24.7 Å². The molecule has 0 radical (unpaired) electrons. The maximum Gasteiger partial charge on any atom is 0.320 e. The number of piperazine rings is 1. The van der Waals surface area contributed by atoms with Gasteiger partial charge in [-0.05, 0) is 13.1 Å². The minimum atomic E-state index is -0.0104. The van der Waals surface area contributed by atoms with Crippen LogP contribution in [0, 0.1) is 0 Å². The predicted molar refractivity (Wildman–Crippen MR) is 77.1 cm³/mol. The SMILES string of the molecule is CN1CCN(C(=O)N2CC[C@@H](Oc3ncccn3)C2)CC1. The van der Waals surface area contributed by atoms with E-state index in [-0.39, 0.29) is 12.1 Å². The fourth-order valence-electron chi connectivity index (χ4n) is 2.69. The van der Waals surface area contributed by atoms with Gasteiger partial charge in [0.1, 0.15) is 6.10 Å². The molecule has 0 saturated carbocycles. The number of ether oxygens (including phenoxy) is 1. The molecule has 2 aliphatic rings. The van der Waals surface area contributed by atoms with E-state index in [4.69, 9.17) is 4.74 Å². The molecule has 0 bridgehead atoms. The van der Waals surface area contributed by atoms with Gasteiger partial charge in [0.15, 0.2) is 0 Å². The van der Waals surface area contributed by atoms with E-state index in [1.54, 1.807) is 18.5 Å². The number of urea groups is 1. The summed E-state index contributed by atoms with van der Waals surface area (Å²) in [5, 5.41) is 0. The Morgan fingerprint density at radius 2 is 1.86 bits per heavy atom. The molecule has 1 aromatic rings. The summed E-state index contributed by atoms with van der Waals surface area (Å²) < 4.78 is 5.72. The zero-order valence-corrected chi connectivity index (χ0v) is 12.3. The summed E-state index contributed by atoms with van der Waals surface area (Å²) in [6.07, 6.45) is 4.14. The molecule has 0 aliphatic carbocycles. The maximum atomic E-state index is 12.5. The minimum absolute atomic E-state index is 0.0104. The monoisotopic (exact) mass is 291 g/mol. The summed E-state index contributed by atoms with van der Waals surface area (Å²) in [6.45, 7) is 4.85. The van der Waals surface area contributed by atoms with Crippen LogP contribution in [0.1, 0.15) is 6.42 Å². The van der Waals surface area contributed by atoms with Crippen molar-refractivity contribution >= 4 is 6.03 Å². The van der Waals surface area contributed by atoms with E-state index < -0.39 is 0 Å². The van der Waals surface area contributed by atoms with Crippen molar-refractivity contribution in [2.45, 2.75) is 12.5 Å². The Balaban J connectivity index is 1.51. The van der Waals surface area contributed by atoms with E-state index in [9.17, 15) is 4.79 Å². The first-order chi connectivity index (χ1) is 10.2. The first-order valence-corrected chi connectivity index (χ1v) is 7.38. The van der Waals surface area contributed by atoms with Crippen LogP contribution < -0.4 is 4.74 Å². The lowest BCUT2D eigenvalue weighted by Gasteiger charge is -2.34. The van der Waals surface area contributed by atoms with Gasteiger partial charge in [0.05, 0.1) is 6.54 Å². The maximum absolute atomic E-state index is 12.5. The molecule has 2 aliphatic heterocycles. The molecule has 0 N–H and O–H groups in total. The van der Waals surface area contributed by atoms with Crippen molar-refractivity contribution in [2.75, 3.05) is 46.3 Å². The summed E-state index contributed by atoms with van der Waals surface area (Å²) in [4.78, 5) is 26.6. The number of carbonyl (C=O) groups excluding carboxylic acids is 1. The fraction of sp³-hybridized carbons (Fsp3) is 0.643. The Morgan fingerprint density at radius 3 is 2.57 bits per heavy atom. The number of likely N-dealkylation sites (N-methyl/N-ethyl adjacent to an activating group) is 1. The average molecular weight is 291 g/mol. The number of rotatable bonds is 2. The molecule has 0 spiro atoms. The topological polar surface area (TPSA) is 61.8 Å². The van der Waals surface area contributed by atoms with Gasteiger partial charge < -0.3 is 19.4 Å². The predicted octanol–water partition coefficient (Wildman–Crippen LogP) is 0.297. The van der Waals surface area contributed by atoms with E-state index in [1.807, 2.05) is 9.80 Å². The van der Waals surface area contributed by atoms with Gasteiger partial charge in [0.25, 0.3) is 0 Å². The molecular formula is C14H21N5O2. The number of nitrogens with zero attached hydrogens (tertiary/aromatic N) is 5. The molecule has 3 heterocycles. The lowest BCUT2D eigenvalue weighted by molar-refractivity contribution is 0.123. The van der Waals surface area contributed by atoms with Gasteiger partial charge in [-0.15, -0.1) is 0 Å². The summed E-state index contributed by atoms with van der Waals surface area (Å²) in [6, 6.07) is 2.27. The quantitative estimate of drug-likeness (QED) is 0.784. The van der Waals surface area contributed by atoms with Crippen LogP contribution in [-0.2, 0) is 0 Å². The molecule has 2 saturated heterocycles. The summed E-state index contributed by atoms with van der Waals surface area (Å²) in [7, 11) is 2.08. The zero-order valence-electron chi connectivity index (χ0n) is 12.3. The molecule has 114 valence electrons.